The third-order valence-corrected chi connectivity index (χ3v) is 10.0. The van der Waals surface area contributed by atoms with Gasteiger partial charge in [0.1, 0.15) is 15.5 Å². The van der Waals surface area contributed by atoms with E-state index in [9.17, 15) is 9.59 Å². The Labute approximate surface area is 242 Å². The van der Waals surface area contributed by atoms with Gasteiger partial charge in [0.05, 0.1) is 21.7 Å². The number of hydrogen-bond acceptors (Lipinski definition) is 8. The lowest BCUT2D eigenvalue weighted by molar-refractivity contribution is -0.114. The van der Waals surface area contributed by atoms with Gasteiger partial charge in [0.25, 0.3) is 0 Å². The Morgan fingerprint density at radius 2 is 1.64 bits per heavy atom. The highest BCUT2D eigenvalue weighted by Crippen LogP contribution is 2.33. The van der Waals surface area contributed by atoms with Gasteiger partial charge < -0.3 is 20.0 Å². The second-order valence-corrected chi connectivity index (χ2v) is 13.0. The first-order chi connectivity index (χ1) is 19.0. The molecule has 0 atom stereocenters. The number of anilines is 2. The molecular weight excluding hydrogens is 569 g/mol. The first-order valence-corrected chi connectivity index (χ1v) is 15.7. The number of nitrogens with zero attached hydrogens (tertiary/aromatic N) is 2. The zero-order valence-corrected chi connectivity index (χ0v) is 24.0. The maximum absolute atomic E-state index is 12.6. The van der Waals surface area contributed by atoms with E-state index >= 15 is 0 Å². The molecule has 198 valence electrons. The Bertz CT molecular complexity index is 1710. The van der Waals surface area contributed by atoms with E-state index in [0.29, 0.717) is 5.69 Å². The van der Waals surface area contributed by atoms with Crippen molar-refractivity contribution in [2.75, 3.05) is 35.2 Å². The van der Waals surface area contributed by atoms with E-state index in [1.807, 2.05) is 60.7 Å². The largest absolute Gasteiger partial charge is 0.456 e. The molecule has 0 aliphatic carbocycles. The molecule has 5 aromatic rings. The number of nitrogens with one attached hydrogen (secondary N) is 2. The summed E-state index contributed by atoms with van der Waals surface area (Å²) in [4.78, 5) is 31.9. The first kappa shape index (κ1) is 26.1. The zero-order chi connectivity index (χ0) is 26.8. The van der Waals surface area contributed by atoms with Crippen LogP contribution in [0.25, 0.3) is 32.2 Å². The van der Waals surface area contributed by atoms with Crippen molar-refractivity contribution in [3.05, 3.63) is 60.7 Å². The summed E-state index contributed by atoms with van der Waals surface area (Å²) < 4.78 is 8.45. The van der Waals surface area contributed by atoms with Crippen LogP contribution in [0.15, 0.2) is 69.4 Å². The van der Waals surface area contributed by atoms with Crippen LogP contribution in [-0.4, -0.2) is 50.6 Å². The van der Waals surface area contributed by atoms with Crippen LogP contribution in [0.3, 0.4) is 0 Å². The molecule has 1 fully saturated rings. The van der Waals surface area contributed by atoms with Crippen molar-refractivity contribution in [2.24, 2.45) is 0 Å². The number of thiazole rings is 1. The standard InChI is InChI=1S/C28H24N4O3S4/c33-25(29-17-7-9-20-19-5-1-2-6-22(19)35-23(20)13-17)15-37-27-31-21-10-8-18(14-24(21)39-27)30-26(34)16-38-28(36)32-11-3-4-12-32/h1-2,5-10,13-14H,3-4,11-12,15-16H2,(H,29,33)(H,30,34). The Kier molecular flexibility index (Phi) is 7.73. The quantitative estimate of drug-likeness (QED) is 0.155. The molecule has 0 unspecified atom stereocenters. The van der Waals surface area contributed by atoms with Crippen LogP contribution in [0.4, 0.5) is 11.4 Å². The lowest BCUT2D eigenvalue weighted by Crippen LogP contribution is -2.25. The molecule has 6 rings (SSSR count). The average molecular weight is 593 g/mol. The van der Waals surface area contributed by atoms with Gasteiger partial charge in [-0.3, -0.25) is 9.59 Å². The molecule has 0 radical (unpaired) electrons. The second kappa shape index (κ2) is 11.5. The fourth-order valence-electron chi connectivity index (χ4n) is 4.49. The number of fused-ring (bicyclic) bond motifs is 4. The number of thioether (sulfide) groups is 2. The van der Waals surface area contributed by atoms with Crippen molar-refractivity contribution < 1.29 is 14.0 Å². The zero-order valence-electron chi connectivity index (χ0n) is 20.8. The monoisotopic (exact) mass is 592 g/mol. The molecule has 0 bridgehead atoms. The summed E-state index contributed by atoms with van der Waals surface area (Å²) in [5, 5.41) is 7.97. The van der Waals surface area contributed by atoms with Crippen LogP contribution in [0.2, 0.25) is 0 Å². The van der Waals surface area contributed by atoms with E-state index < -0.39 is 0 Å². The lowest BCUT2D eigenvalue weighted by atomic mass is 10.1. The van der Waals surface area contributed by atoms with E-state index in [2.05, 4.69) is 20.5 Å². The summed E-state index contributed by atoms with van der Waals surface area (Å²) in [5.74, 6) is 0.315. The van der Waals surface area contributed by atoms with Crippen molar-refractivity contribution in [3.63, 3.8) is 0 Å². The number of carbonyl (C=O) groups is 2. The number of likely N-dealkylation sites (tertiary alicyclic amines) is 1. The second-order valence-electron chi connectivity index (χ2n) is 9.11. The van der Waals surface area contributed by atoms with Crippen LogP contribution >= 0.6 is 47.1 Å². The molecule has 1 saturated heterocycles. The predicted octanol–water partition coefficient (Wildman–Crippen LogP) is 6.98. The molecule has 11 heteroatoms. The molecule has 1 aliphatic heterocycles. The van der Waals surface area contributed by atoms with Gasteiger partial charge in [-0.2, -0.15) is 0 Å². The number of hydrogen-bond donors (Lipinski definition) is 2. The van der Waals surface area contributed by atoms with E-state index in [0.717, 1.165) is 72.4 Å². The number of carbonyl (C=O) groups excluding carboxylic acids is 2. The maximum atomic E-state index is 12.6. The molecule has 1 aliphatic rings. The summed E-state index contributed by atoms with van der Waals surface area (Å²) in [5.41, 5.74) is 3.81. The van der Waals surface area contributed by atoms with Crippen LogP contribution in [-0.2, 0) is 9.59 Å². The van der Waals surface area contributed by atoms with Gasteiger partial charge >= 0.3 is 0 Å². The van der Waals surface area contributed by atoms with Gasteiger partial charge in [0.15, 0.2) is 4.34 Å². The van der Waals surface area contributed by atoms with Crippen LogP contribution < -0.4 is 10.6 Å². The Morgan fingerprint density at radius 1 is 0.923 bits per heavy atom. The molecular formula is C28H24N4O3S4. The van der Waals surface area contributed by atoms with Crippen molar-refractivity contribution in [1.29, 1.82) is 0 Å². The molecule has 3 heterocycles. The van der Waals surface area contributed by atoms with Crippen LogP contribution in [0, 0.1) is 0 Å². The summed E-state index contributed by atoms with van der Waals surface area (Å²) in [6, 6.07) is 19.2. The summed E-state index contributed by atoms with van der Waals surface area (Å²) in [6.45, 7) is 1.96. The minimum absolute atomic E-state index is 0.0856. The van der Waals surface area contributed by atoms with Gasteiger partial charge in [-0.15, -0.1) is 11.3 Å². The Balaban J connectivity index is 1.03. The third-order valence-electron chi connectivity index (χ3n) is 6.33. The van der Waals surface area contributed by atoms with E-state index in [1.54, 1.807) is 0 Å². The summed E-state index contributed by atoms with van der Waals surface area (Å²) in [7, 11) is 0. The molecule has 39 heavy (non-hydrogen) atoms. The molecule has 0 spiro atoms. The number of aromatic nitrogens is 1. The molecule has 7 nitrogen and oxygen atoms in total. The highest BCUT2D eigenvalue weighted by Gasteiger charge is 2.17. The summed E-state index contributed by atoms with van der Waals surface area (Å²) >= 11 is 9.73. The fraction of sp³-hybridized carbons (Fsp3) is 0.214. The topological polar surface area (TPSA) is 87.5 Å². The molecule has 2 N–H and O–H groups in total. The smallest absolute Gasteiger partial charge is 0.234 e. The Morgan fingerprint density at radius 3 is 2.49 bits per heavy atom. The van der Waals surface area contributed by atoms with Crippen molar-refractivity contribution in [3.8, 4) is 0 Å². The Hall–Kier alpha value is -3.12. The number of furan rings is 1. The van der Waals surface area contributed by atoms with Gasteiger partial charge in [-0.25, -0.2) is 4.98 Å². The van der Waals surface area contributed by atoms with Gasteiger partial charge in [0.2, 0.25) is 11.8 Å². The number of rotatable bonds is 7. The highest BCUT2D eigenvalue weighted by atomic mass is 32.2. The van der Waals surface area contributed by atoms with Crippen molar-refractivity contribution in [2.45, 2.75) is 17.2 Å². The van der Waals surface area contributed by atoms with Crippen molar-refractivity contribution in [1.82, 2.24) is 9.88 Å². The van der Waals surface area contributed by atoms with Gasteiger partial charge in [-0.05, 0) is 49.2 Å². The third kappa shape index (κ3) is 6.06. The number of amides is 2. The minimum atomic E-state index is -0.119. The van der Waals surface area contributed by atoms with E-state index in [1.165, 1.54) is 34.9 Å². The van der Waals surface area contributed by atoms with Gasteiger partial charge in [-0.1, -0.05) is 53.9 Å². The minimum Gasteiger partial charge on any atom is -0.456 e. The SMILES string of the molecule is O=C(CSC(=S)N1CCCC1)Nc1ccc2nc(SCC(=O)Nc3ccc4c(c3)oc3ccccc34)sc2c1. The number of para-hydroxylation sites is 1. The summed E-state index contributed by atoms with van der Waals surface area (Å²) in [6.07, 6.45) is 2.32. The first-order valence-electron chi connectivity index (χ1n) is 12.5. The maximum Gasteiger partial charge on any atom is 0.234 e. The molecule has 0 saturated carbocycles. The predicted molar refractivity (Wildman–Crippen MR) is 167 cm³/mol. The number of thiocarbonyl (C=S) groups is 1. The fourth-order valence-corrected chi connectivity index (χ4v) is 7.45. The van der Waals surface area contributed by atoms with Crippen LogP contribution in [0.1, 0.15) is 12.8 Å². The lowest BCUT2D eigenvalue weighted by Gasteiger charge is -2.17. The molecule has 2 aromatic heterocycles. The molecule has 2 amide bonds. The highest BCUT2D eigenvalue weighted by molar-refractivity contribution is 8.23. The van der Waals surface area contributed by atoms with E-state index in [4.69, 9.17) is 16.6 Å². The average Bonchev–Trinajstić information content (AvgIpc) is 3.68. The van der Waals surface area contributed by atoms with Crippen LogP contribution in [0.5, 0.6) is 0 Å². The van der Waals surface area contributed by atoms with Gasteiger partial charge in [0, 0.05) is 41.3 Å². The number of benzene rings is 3. The van der Waals surface area contributed by atoms with E-state index in [-0.39, 0.29) is 23.3 Å². The molecule has 3 aromatic carbocycles. The van der Waals surface area contributed by atoms with Crippen molar-refractivity contribution >= 4 is 107 Å². The normalized spacial score (nSPS) is 13.4.